The Bertz CT molecular complexity index is 419. The molecule has 0 aliphatic carbocycles. The lowest BCUT2D eigenvalue weighted by Crippen LogP contribution is -2.41. The third-order valence-electron chi connectivity index (χ3n) is 2.78. The highest BCUT2D eigenvalue weighted by molar-refractivity contribution is 9.10. The predicted molar refractivity (Wildman–Crippen MR) is 73.5 cm³/mol. The number of carbonyl (C=O) groups excluding carboxylic acids is 1. The summed E-state index contributed by atoms with van der Waals surface area (Å²) in [7, 11) is 1.52. The van der Waals surface area contributed by atoms with Crippen molar-refractivity contribution in [3.8, 4) is 0 Å². The van der Waals surface area contributed by atoms with Gasteiger partial charge in [0.1, 0.15) is 5.60 Å². The van der Waals surface area contributed by atoms with Gasteiger partial charge < -0.3 is 10.1 Å². The molecule has 1 unspecified atom stereocenters. The van der Waals surface area contributed by atoms with E-state index in [1.54, 1.807) is 25.1 Å². The molecule has 0 spiro atoms. The van der Waals surface area contributed by atoms with Gasteiger partial charge in [0, 0.05) is 16.6 Å². The first-order valence-corrected chi connectivity index (χ1v) is 6.41. The molecule has 1 aromatic rings. The van der Waals surface area contributed by atoms with Crippen LogP contribution in [0.25, 0.3) is 0 Å². The monoisotopic (exact) mass is 319 g/mol. The lowest BCUT2D eigenvalue weighted by Gasteiger charge is -2.25. The second kappa shape index (κ2) is 5.85. The highest BCUT2D eigenvalue weighted by Gasteiger charge is 2.31. The minimum Gasteiger partial charge on any atom is -0.369 e. The van der Waals surface area contributed by atoms with E-state index in [1.807, 2.05) is 6.92 Å². The first-order chi connectivity index (χ1) is 7.92. The Morgan fingerprint density at radius 2 is 2.24 bits per heavy atom. The second-order valence-electron chi connectivity index (χ2n) is 3.87. The maximum absolute atomic E-state index is 12.1. The zero-order valence-electron chi connectivity index (χ0n) is 10.0. The van der Waals surface area contributed by atoms with Crippen molar-refractivity contribution < 1.29 is 9.53 Å². The molecule has 5 heteroatoms. The zero-order valence-corrected chi connectivity index (χ0v) is 12.4. The van der Waals surface area contributed by atoms with Crippen molar-refractivity contribution in [1.29, 1.82) is 0 Å². The second-order valence-corrected chi connectivity index (χ2v) is 5.16. The lowest BCUT2D eigenvalue weighted by atomic mass is 10.0. The fraction of sp³-hybridized carbons (Fsp3) is 0.417. The van der Waals surface area contributed by atoms with Gasteiger partial charge in [-0.1, -0.05) is 18.5 Å². The summed E-state index contributed by atoms with van der Waals surface area (Å²) in [4.78, 5) is 12.1. The SMILES string of the molecule is CCC(C)(OC)C(=O)Nc1cc(Cl)ccc1Br. The van der Waals surface area contributed by atoms with E-state index in [0.717, 1.165) is 4.47 Å². The summed E-state index contributed by atoms with van der Waals surface area (Å²) in [5, 5.41) is 3.37. The van der Waals surface area contributed by atoms with Gasteiger partial charge in [-0.2, -0.15) is 0 Å². The van der Waals surface area contributed by atoms with Gasteiger partial charge in [0.25, 0.3) is 5.91 Å². The molecule has 1 aromatic carbocycles. The predicted octanol–water partition coefficient (Wildman–Crippen LogP) is 3.86. The molecule has 0 aliphatic rings. The van der Waals surface area contributed by atoms with Crippen LogP contribution >= 0.6 is 27.5 Å². The van der Waals surface area contributed by atoms with E-state index in [2.05, 4.69) is 21.2 Å². The van der Waals surface area contributed by atoms with E-state index in [1.165, 1.54) is 7.11 Å². The molecule has 1 atom stereocenters. The molecule has 1 amide bonds. The number of halogens is 2. The quantitative estimate of drug-likeness (QED) is 0.915. The molecule has 1 N–H and O–H groups in total. The number of hydrogen-bond acceptors (Lipinski definition) is 2. The number of rotatable bonds is 4. The highest BCUT2D eigenvalue weighted by atomic mass is 79.9. The normalized spacial score (nSPS) is 14.2. The van der Waals surface area contributed by atoms with Gasteiger partial charge in [-0.15, -0.1) is 0 Å². The summed E-state index contributed by atoms with van der Waals surface area (Å²) in [6, 6.07) is 5.22. The Labute approximate surface area is 115 Å². The highest BCUT2D eigenvalue weighted by Crippen LogP contribution is 2.27. The van der Waals surface area contributed by atoms with Crippen molar-refractivity contribution in [3.05, 3.63) is 27.7 Å². The summed E-state index contributed by atoms with van der Waals surface area (Å²) in [6.45, 7) is 3.65. The third kappa shape index (κ3) is 3.44. The topological polar surface area (TPSA) is 38.3 Å². The maximum atomic E-state index is 12.1. The largest absolute Gasteiger partial charge is 0.369 e. The molecule has 0 radical (unpaired) electrons. The lowest BCUT2D eigenvalue weighted by molar-refractivity contribution is -0.136. The molecule has 0 bridgehead atoms. The van der Waals surface area contributed by atoms with Crippen LogP contribution in [0.5, 0.6) is 0 Å². The van der Waals surface area contributed by atoms with Crippen molar-refractivity contribution in [3.63, 3.8) is 0 Å². The van der Waals surface area contributed by atoms with Crippen LogP contribution in [0.4, 0.5) is 5.69 Å². The number of nitrogens with one attached hydrogen (secondary N) is 1. The molecule has 0 fully saturated rings. The number of amides is 1. The molecule has 0 aromatic heterocycles. The van der Waals surface area contributed by atoms with E-state index in [0.29, 0.717) is 17.1 Å². The summed E-state index contributed by atoms with van der Waals surface area (Å²) < 4.78 is 6.01. The minimum absolute atomic E-state index is 0.189. The van der Waals surface area contributed by atoms with Gasteiger partial charge >= 0.3 is 0 Å². The number of anilines is 1. The van der Waals surface area contributed by atoms with Crippen LogP contribution in [0.15, 0.2) is 22.7 Å². The smallest absolute Gasteiger partial charge is 0.256 e. The molecule has 17 heavy (non-hydrogen) atoms. The average molecular weight is 321 g/mol. The minimum atomic E-state index is -0.832. The van der Waals surface area contributed by atoms with Crippen molar-refractivity contribution in [1.82, 2.24) is 0 Å². The summed E-state index contributed by atoms with van der Waals surface area (Å²) >= 11 is 9.23. The molecular formula is C12H15BrClNO2. The average Bonchev–Trinajstić information content (AvgIpc) is 2.32. The Morgan fingerprint density at radius 3 is 2.76 bits per heavy atom. The molecule has 1 rings (SSSR count). The molecule has 0 saturated heterocycles. The Morgan fingerprint density at radius 1 is 1.59 bits per heavy atom. The van der Waals surface area contributed by atoms with Crippen LogP contribution in [0.3, 0.4) is 0 Å². The molecule has 0 saturated carbocycles. The standard InChI is InChI=1S/C12H15BrClNO2/c1-4-12(2,17-3)11(16)15-10-7-8(14)5-6-9(10)13/h5-7H,4H2,1-3H3,(H,15,16). The zero-order chi connectivity index (χ0) is 13.1. The van der Waals surface area contributed by atoms with Crippen molar-refractivity contribution in [2.24, 2.45) is 0 Å². The van der Waals surface area contributed by atoms with Gasteiger partial charge in [0.2, 0.25) is 0 Å². The van der Waals surface area contributed by atoms with Gasteiger partial charge in [-0.05, 0) is 47.5 Å². The van der Waals surface area contributed by atoms with Crippen molar-refractivity contribution in [2.75, 3.05) is 12.4 Å². The van der Waals surface area contributed by atoms with Gasteiger partial charge in [-0.3, -0.25) is 4.79 Å². The van der Waals surface area contributed by atoms with Crippen molar-refractivity contribution >= 4 is 39.1 Å². The van der Waals surface area contributed by atoms with Crippen LogP contribution in [0.1, 0.15) is 20.3 Å². The van der Waals surface area contributed by atoms with E-state index in [9.17, 15) is 4.79 Å². The Balaban J connectivity index is 2.91. The fourth-order valence-electron chi connectivity index (χ4n) is 1.25. The molecule has 0 heterocycles. The van der Waals surface area contributed by atoms with Crippen LogP contribution in [0.2, 0.25) is 5.02 Å². The molecule has 0 aliphatic heterocycles. The molecule has 94 valence electrons. The first-order valence-electron chi connectivity index (χ1n) is 5.24. The summed E-state index contributed by atoms with van der Waals surface area (Å²) in [5.41, 5.74) is -0.193. The third-order valence-corrected chi connectivity index (χ3v) is 3.71. The number of hydrogen-bond donors (Lipinski definition) is 1. The summed E-state index contributed by atoms with van der Waals surface area (Å²) in [5.74, 6) is -0.189. The van der Waals surface area contributed by atoms with Crippen LogP contribution in [-0.2, 0) is 9.53 Å². The molecular weight excluding hydrogens is 305 g/mol. The number of ether oxygens (including phenoxy) is 1. The number of carbonyl (C=O) groups is 1. The van der Waals surface area contributed by atoms with Crippen LogP contribution in [-0.4, -0.2) is 18.6 Å². The van der Waals surface area contributed by atoms with E-state index in [-0.39, 0.29) is 5.91 Å². The molecule has 3 nitrogen and oxygen atoms in total. The number of methoxy groups -OCH3 is 1. The van der Waals surface area contributed by atoms with E-state index >= 15 is 0 Å². The number of benzene rings is 1. The first kappa shape index (κ1) is 14.5. The van der Waals surface area contributed by atoms with Crippen LogP contribution < -0.4 is 5.32 Å². The van der Waals surface area contributed by atoms with Gasteiger partial charge in [0.05, 0.1) is 5.69 Å². The van der Waals surface area contributed by atoms with Gasteiger partial charge in [0.15, 0.2) is 0 Å². The maximum Gasteiger partial charge on any atom is 0.256 e. The van der Waals surface area contributed by atoms with Gasteiger partial charge in [-0.25, -0.2) is 0 Å². The summed E-state index contributed by atoms with van der Waals surface area (Å²) in [6.07, 6.45) is 0.591. The van der Waals surface area contributed by atoms with E-state index < -0.39 is 5.60 Å². The van der Waals surface area contributed by atoms with Crippen LogP contribution in [0, 0.1) is 0 Å². The Hall–Kier alpha value is -0.580. The fourth-order valence-corrected chi connectivity index (χ4v) is 1.76. The Kier molecular flexibility index (Phi) is 4.98. The van der Waals surface area contributed by atoms with E-state index in [4.69, 9.17) is 16.3 Å². The van der Waals surface area contributed by atoms with Crippen molar-refractivity contribution in [2.45, 2.75) is 25.9 Å².